The van der Waals surface area contributed by atoms with Gasteiger partial charge in [0.05, 0.1) is 5.41 Å². The molecule has 2 aromatic heterocycles. The molecule has 8 aromatic carbocycles. The van der Waals surface area contributed by atoms with Crippen molar-refractivity contribution in [1.29, 1.82) is 0 Å². The Morgan fingerprint density at radius 2 is 0.786 bits per heavy atom. The van der Waals surface area contributed by atoms with Crippen molar-refractivity contribution in [3.8, 4) is 56.4 Å². The molecule has 0 aliphatic heterocycles. The van der Waals surface area contributed by atoms with Crippen LogP contribution in [-0.4, -0.2) is 15.0 Å². The smallest absolute Gasteiger partial charge is 0.164 e. The lowest BCUT2D eigenvalue weighted by molar-refractivity contribution is 0.770. The van der Waals surface area contributed by atoms with E-state index in [1.165, 1.54) is 53.6 Å². The fraction of sp³-hybridized carbons (Fsp3) is 0.0192. The van der Waals surface area contributed by atoms with Crippen LogP contribution in [-0.2, 0) is 5.41 Å². The number of benzene rings is 8. The predicted molar refractivity (Wildman–Crippen MR) is 232 cm³/mol. The standard InChI is InChI=1S/C52H33N3S/c1-4-15-34(16-5-1)49-53-50(35-17-6-2-7-18-35)55-51(54-49)38-20-14-19-36(31-38)37-27-29-47-43(32-37)44-33-40(28-30-48(44)56-47)52(39-21-8-3-9-22-39)45-25-12-10-23-41(45)42-24-11-13-26-46(42)52/h1-33H. The molecule has 1 aliphatic rings. The van der Waals surface area contributed by atoms with E-state index in [0.29, 0.717) is 17.5 Å². The molecule has 0 N–H and O–H groups in total. The summed E-state index contributed by atoms with van der Waals surface area (Å²) in [6.07, 6.45) is 0. The zero-order valence-corrected chi connectivity index (χ0v) is 31.1. The summed E-state index contributed by atoms with van der Waals surface area (Å²) in [6.45, 7) is 0. The first-order chi connectivity index (χ1) is 27.7. The molecule has 4 heteroatoms. The SMILES string of the molecule is c1ccc(-c2nc(-c3ccccc3)nc(-c3cccc(-c4ccc5sc6ccc(C7(c8ccccc8)c8ccccc8-c8ccccc87)cc6c5c4)c3)n2)cc1. The summed E-state index contributed by atoms with van der Waals surface area (Å²) in [5, 5.41) is 2.53. The number of aromatic nitrogens is 3. The normalized spacial score (nSPS) is 12.8. The molecule has 0 spiro atoms. The first-order valence-corrected chi connectivity index (χ1v) is 19.8. The van der Waals surface area contributed by atoms with Crippen LogP contribution < -0.4 is 0 Å². The van der Waals surface area contributed by atoms with E-state index >= 15 is 0 Å². The van der Waals surface area contributed by atoms with Gasteiger partial charge in [-0.05, 0) is 74.8 Å². The van der Waals surface area contributed by atoms with Crippen LogP contribution in [0.3, 0.4) is 0 Å². The molecule has 11 rings (SSSR count). The minimum Gasteiger partial charge on any atom is -0.208 e. The van der Waals surface area contributed by atoms with Gasteiger partial charge in [-0.2, -0.15) is 0 Å². The molecule has 0 saturated heterocycles. The molecule has 0 atom stereocenters. The highest BCUT2D eigenvalue weighted by atomic mass is 32.1. The van der Waals surface area contributed by atoms with Crippen molar-refractivity contribution < 1.29 is 0 Å². The molecule has 3 nitrogen and oxygen atoms in total. The summed E-state index contributed by atoms with van der Waals surface area (Å²) in [4.78, 5) is 14.9. The summed E-state index contributed by atoms with van der Waals surface area (Å²) < 4.78 is 2.56. The molecule has 0 fully saturated rings. The monoisotopic (exact) mass is 731 g/mol. The lowest BCUT2D eigenvalue weighted by Gasteiger charge is -2.34. The molecule has 0 amide bonds. The minimum atomic E-state index is -0.440. The van der Waals surface area contributed by atoms with E-state index in [1.54, 1.807) is 0 Å². The number of rotatable bonds is 6. The number of hydrogen-bond acceptors (Lipinski definition) is 4. The van der Waals surface area contributed by atoms with Crippen molar-refractivity contribution in [1.82, 2.24) is 15.0 Å². The van der Waals surface area contributed by atoms with Gasteiger partial charge in [0, 0.05) is 36.9 Å². The fourth-order valence-corrected chi connectivity index (χ4v) is 9.74. The van der Waals surface area contributed by atoms with Crippen molar-refractivity contribution in [2.24, 2.45) is 0 Å². The van der Waals surface area contributed by atoms with Crippen LogP contribution in [0.5, 0.6) is 0 Å². The molecule has 0 radical (unpaired) electrons. The highest BCUT2D eigenvalue weighted by Crippen LogP contribution is 2.56. The van der Waals surface area contributed by atoms with Gasteiger partial charge in [-0.15, -0.1) is 11.3 Å². The highest BCUT2D eigenvalue weighted by Gasteiger charge is 2.45. The van der Waals surface area contributed by atoms with Crippen molar-refractivity contribution in [2.45, 2.75) is 5.41 Å². The Labute approximate surface area is 329 Å². The third kappa shape index (κ3) is 5.14. The number of hydrogen-bond donors (Lipinski definition) is 0. The van der Waals surface area contributed by atoms with E-state index in [1.807, 2.05) is 72.0 Å². The summed E-state index contributed by atoms with van der Waals surface area (Å²) >= 11 is 1.85. The minimum absolute atomic E-state index is 0.440. The molecule has 0 saturated carbocycles. The molecule has 0 unspecified atom stereocenters. The molecule has 2 heterocycles. The molecule has 262 valence electrons. The summed E-state index contributed by atoms with van der Waals surface area (Å²) in [7, 11) is 0. The first-order valence-electron chi connectivity index (χ1n) is 18.9. The number of nitrogens with zero attached hydrogens (tertiary/aromatic N) is 3. The van der Waals surface area contributed by atoms with Gasteiger partial charge in [-0.3, -0.25) is 0 Å². The van der Waals surface area contributed by atoms with Gasteiger partial charge in [0.15, 0.2) is 17.5 Å². The second kappa shape index (κ2) is 13.1. The molecule has 1 aliphatic carbocycles. The Morgan fingerprint density at radius 3 is 1.41 bits per heavy atom. The molecule has 56 heavy (non-hydrogen) atoms. The second-order valence-corrected chi connectivity index (χ2v) is 15.4. The Hall–Kier alpha value is -7.01. The maximum atomic E-state index is 5.01. The molecule has 0 bridgehead atoms. The predicted octanol–water partition coefficient (Wildman–Crippen LogP) is 13.3. The Balaban J connectivity index is 1.06. The van der Waals surface area contributed by atoms with E-state index in [9.17, 15) is 0 Å². The maximum absolute atomic E-state index is 5.01. The maximum Gasteiger partial charge on any atom is 0.164 e. The lowest BCUT2D eigenvalue weighted by Crippen LogP contribution is -2.28. The Bertz CT molecular complexity index is 2980. The van der Waals surface area contributed by atoms with Gasteiger partial charge in [0.1, 0.15) is 0 Å². The molecular formula is C52H33N3S. The van der Waals surface area contributed by atoms with E-state index in [4.69, 9.17) is 15.0 Å². The van der Waals surface area contributed by atoms with E-state index < -0.39 is 5.41 Å². The van der Waals surface area contributed by atoms with Crippen LogP contribution in [0.2, 0.25) is 0 Å². The fourth-order valence-electron chi connectivity index (χ4n) is 8.68. The quantitative estimate of drug-likeness (QED) is 0.171. The second-order valence-electron chi connectivity index (χ2n) is 14.4. The largest absolute Gasteiger partial charge is 0.208 e. The van der Waals surface area contributed by atoms with Gasteiger partial charge in [-0.25, -0.2) is 15.0 Å². The van der Waals surface area contributed by atoms with Crippen LogP contribution in [0.25, 0.3) is 76.6 Å². The topological polar surface area (TPSA) is 38.7 Å². The Morgan fingerprint density at radius 1 is 0.321 bits per heavy atom. The lowest BCUT2D eigenvalue weighted by atomic mass is 9.67. The van der Waals surface area contributed by atoms with Crippen LogP contribution in [0.15, 0.2) is 200 Å². The van der Waals surface area contributed by atoms with E-state index in [-0.39, 0.29) is 0 Å². The van der Waals surface area contributed by atoms with Gasteiger partial charge < -0.3 is 0 Å². The van der Waals surface area contributed by atoms with Crippen LogP contribution in [0.4, 0.5) is 0 Å². The van der Waals surface area contributed by atoms with Gasteiger partial charge in [-0.1, -0.05) is 170 Å². The highest BCUT2D eigenvalue weighted by molar-refractivity contribution is 7.25. The van der Waals surface area contributed by atoms with E-state index in [0.717, 1.165) is 27.8 Å². The van der Waals surface area contributed by atoms with Crippen LogP contribution in [0.1, 0.15) is 22.3 Å². The zero-order valence-electron chi connectivity index (χ0n) is 30.3. The number of thiophene rings is 1. The van der Waals surface area contributed by atoms with Crippen LogP contribution in [0, 0.1) is 0 Å². The molecule has 10 aromatic rings. The summed E-state index contributed by atoms with van der Waals surface area (Å²) in [5.41, 5.74) is 12.5. The first kappa shape index (κ1) is 32.4. The van der Waals surface area contributed by atoms with E-state index in [2.05, 4.69) is 140 Å². The Kier molecular flexibility index (Phi) is 7.58. The summed E-state index contributed by atoms with van der Waals surface area (Å²) in [6, 6.07) is 71.8. The molecular weight excluding hydrogens is 699 g/mol. The zero-order chi connectivity index (χ0) is 37.1. The average molecular weight is 732 g/mol. The van der Waals surface area contributed by atoms with Crippen molar-refractivity contribution in [3.05, 3.63) is 222 Å². The average Bonchev–Trinajstić information content (AvgIpc) is 3.80. The third-order valence-electron chi connectivity index (χ3n) is 11.2. The van der Waals surface area contributed by atoms with Gasteiger partial charge >= 0.3 is 0 Å². The van der Waals surface area contributed by atoms with Crippen molar-refractivity contribution in [2.75, 3.05) is 0 Å². The van der Waals surface area contributed by atoms with Gasteiger partial charge in [0.25, 0.3) is 0 Å². The van der Waals surface area contributed by atoms with Gasteiger partial charge in [0.2, 0.25) is 0 Å². The van der Waals surface area contributed by atoms with Crippen molar-refractivity contribution >= 4 is 31.5 Å². The van der Waals surface area contributed by atoms with Crippen molar-refractivity contribution in [3.63, 3.8) is 0 Å². The summed E-state index contributed by atoms with van der Waals surface area (Å²) in [5.74, 6) is 1.96. The number of fused-ring (bicyclic) bond motifs is 6. The third-order valence-corrected chi connectivity index (χ3v) is 12.4. The van der Waals surface area contributed by atoms with Crippen LogP contribution >= 0.6 is 11.3 Å².